The van der Waals surface area contributed by atoms with E-state index in [2.05, 4.69) is 21.3 Å². The molecule has 1 atom stereocenters. The van der Waals surface area contributed by atoms with Crippen LogP contribution in [0.2, 0.25) is 0 Å². The normalized spacial score (nSPS) is 37.0. The summed E-state index contributed by atoms with van der Waals surface area (Å²) in [5.41, 5.74) is 0.0368. The number of rotatable bonds is 7. The quantitative estimate of drug-likeness (QED) is 0.549. The first-order valence-electron chi connectivity index (χ1n) is 11.1. The highest BCUT2D eigenvalue weighted by Crippen LogP contribution is 2.55. The summed E-state index contributed by atoms with van der Waals surface area (Å²) >= 11 is 0. The molecule has 0 spiro atoms. The van der Waals surface area contributed by atoms with Crippen molar-refractivity contribution in [3.8, 4) is 0 Å². The largest absolute Gasteiger partial charge is 0.356 e. The third-order valence-corrected chi connectivity index (χ3v) is 7.33. The van der Waals surface area contributed by atoms with Gasteiger partial charge in [0.15, 0.2) is 0 Å². The van der Waals surface area contributed by atoms with Gasteiger partial charge in [-0.2, -0.15) is 0 Å². The van der Waals surface area contributed by atoms with Gasteiger partial charge in [-0.3, -0.25) is 4.79 Å². The van der Waals surface area contributed by atoms with Crippen LogP contribution in [0.4, 0.5) is 4.79 Å². The van der Waals surface area contributed by atoms with Gasteiger partial charge in [-0.05, 0) is 94.5 Å². The molecular formula is C21H36N4O2. The molecular weight excluding hydrogens is 340 g/mol. The molecule has 1 unspecified atom stereocenters. The molecule has 4 N–H and O–H groups in total. The molecule has 4 bridgehead atoms. The number of amides is 3. The summed E-state index contributed by atoms with van der Waals surface area (Å²) in [7, 11) is 0. The predicted octanol–water partition coefficient (Wildman–Crippen LogP) is 2.15. The molecule has 6 heteroatoms. The van der Waals surface area contributed by atoms with E-state index in [0.717, 1.165) is 63.1 Å². The van der Waals surface area contributed by atoms with Crippen molar-refractivity contribution in [2.24, 2.45) is 23.7 Å². The summed E-state index contributed by atoms with van der Waals surface area (Å²) in [5, 5.41) is 12.6. The first-order valence-corrected chi connectivity index (χ1v) is 11.1. The van der Waals surface area contributed by atoms with Crippen molar-refractivity contribution in [1.29, 1.82) is 0 Å². The molecule has 5 rings (SSSR count). The van der Waals surface area contributed by atoms with Gasteiger partial charge in [0.1, 0.15) is 0 Å². The molecule has 152 valence electrons. The van der Waals surface area contributed by atoms with Crippen molar-refractivity contribution >= 4 is 11.9 Å². The average Bonchev–Trinajstić information content (AvgIpc) is 2.61. The molecule has 0 aromatic carbocycles. The average molecular weight is 377 g/mol. The lowest BCUT2D eigenvalue weighted by molar-refractivity contribution is -0.121. The fourth-order valence-corrected chi connectivity index (χ4v) is 6.51. The molecule has 27 heavy (non-hydrogen) atoms. The van der Waals surface area contributed by atoms with Crippen molar-refractivity contribution in [2.45, 2.75) is 69.7 Å². The van der Waals surface area contributed by atoms with Crippen molar-refractivity contribution in [3.05, 3.63) is 0 Å². The lowest BCUT2D eigenvalue weighted by Crippen LogP contribution is -2.61. The number of nitrogens with one attached hydrogen (secondary N) is 4. The second kappa shape index (κ2) is 8.38. The van der Waals surface area contributed by atoms with Crippen LogP contribution in [-0.4, -0.2) is 43.7 Å². The Hall–Kier alpha value is -1.30. The molecule has 5 fully saturated rings. The molecule has 3 amide bonds. The zero-order chi connectivity index (χ0) is 18.7. The molecule has 1 aliphatic heterocycles. The van der Waals surface area contributed by atoms with Gasteiger partial charge in [0.2, 0.25) is 5.91 Å². The van der Waals surface area contributed by atoms with Crippen LogP contribution in [0.15, 0.2) is 0 Å². The van der Waals surface area contributed by atoms with Gasteiger partial charge in [0.25, 0.3) is 0 Å². The van der Waals surface area contributed by atoms with E-state index in [-0.39, 0.29) is 17.5 Å². The Labute approximate surface area is 163 Å². The Morgan fingerprint density at radius 1 is 0.963 bits per heavy atom. The Morgan fingerprint density at radius 3 is 2.30 bits per heavy atom. The molecule has 6 nitrogen and oxygen atoms in total. The minimum Gasteiger partial charge on any atom is -0.356 e. The second-order valence-electron chi connectivity index (χ2n) is 9.68. The zero-order valence-corrected chi connectivity index (χ0v) is 16.5. The van der Waals surface area contributed by atoms with Gasteiger partial charge < -0.3 is 21.3 Å². The topological polar surface area (TPSA) is 82.3 Å². The summed E-state index contributed by atoms with van der Waals surface area (Å²) in [6, 6.07) is -0.0852. The number of hydrogen-bond acceptors (Lipinski definition) is 3. The van der Waals surface area contributed by atoms with Gasteiger partial charge in [-0.15, -0.1) is 0 Å². The van der Waals surface area contributed by atoms with Crippen molar-refractivity contribution in [1.82, 2.24) is 21.3 Å². The van der Waals surface area contributed by atoms with Gasteiger partial charge >= 0.3 is 6.03 Å². The lowest BCUT2D eigenvalue weighted by atomic mass is 9.53. The number of hydrogen-bond donors (Lipinski definition) is 4. The fourth-order valence-electron chi connectivity index (χ4n) is 6.51. The fraction of sp³-hybridized carbons (Fsp3) is 0.905. The maximum absolute atomic E-state index is 12.4. The Kier molecular flexibility index (Phi) is 5.90. The monoisotopic (exact) mass is 376 g/mol. The highest BCUT2D eigenvalue weighted by molar-refractivity contribution is 5.78. The summed E-state index contributed by atoms with van der Waals surface area (Å²) in [4.78, 5) is 24.3. The molecule has 1 heterocycles. The minimum atomic E-state index is -0.0852. The van der Waals surface area contributed by atoms with Crippen LogP contribution < -0.4 is 21.3 Å². The Balaban J connectivity index is 1.10. The van der Waals surface area contributed by atoms with Gasteiger partial charge in [0.05, 0.1) is 0 Å². The SMILES string of the molecule is O=C(CCNC(=O)NC12CC3CC(CC(C3)C1)C2)NCCC1CCCNC1. The molecule has 0 aromatic rings. The van der Waals surface area contributed by atoms with E-state index in [1.54, 1.807) is 0 Å². The van der Waals surface area contributed by atoms with E-state index in [1.165, 1.54) is 32.1 Å². The van der Waals surface area contributed by atoms with Crippen LogP contribution >= 0.6 is 0 Å². The van der Waals surface area contributed by atoms with Gasteiger partial charge in [-0.25, -0.2) is 4.79 Å². The third-order valence-electron chi connectivity index (χ3n) is 7.33. The minimum absolute atomic E-state index is 0.0360. The summed E-state index contributed by atoms with van der Waals surface area (Å²) in [5.74, 6) is 3.18. The molecule has 0 radical (unpaired) electrons. The number of carbonyl (C=O) groups excluding carboxylic acids is 2. The van der Waals surface area contributed by atoms with E-state index < -0.39 is 0 Å². The molecule has 5 aliphatic rings. The third kappa shape index (κ3) is 4.95. The van der Waals surface area contributed by atoms with Crippen LogP contribution in [-0.2, 0) is 4.79 Å². The summed E-state index contributed by atoms with van der Waals surface area (Å²) in [6.07, 6.45) is 11.5. The van der Waals surface area contributed by atoms with E-state index in [9.17, 15) is 9.59 Å². The van der Waals surface area contributed by atoms with Gasteiger partial charge in [0, 0.05) is 25.0 Å². The van der Waals surface area contributed by atoms with Crippen molar-refractivity contribution < 1.29 is 9.59 Å². The van der Waals surface area contributed by atoms with E-state index in [0.29, 0.717) is 18.9 Å². The van der Waals surface area contributed by atoms with Crippen molar-refractivity contribution in [2.75, 3.05) is 26.2 Å². The van der Waals surface area contributed by atoms with Crippen LogP contribution in [0.1, 0.15) is 64.2 Å². The molecule has 4 aliphatic carbocycles. The summed E-state index contributed by atoms with van der Waals surface area (Å²) in [6.45, 7) is 3.35. The standard InChI is InChI=1S/C21H36N4O2/c26-19(23-6-3-15-2-1-5-22-14-15)4-7-24-20(27)25-21-11-16-8-17(12-21)10-18(9-16)13-21/h15-18,22H,1-14H2,(H,23,26)(H2,24,25,27). The highest BCUT2D eigenvalue weighted by atomic mass is 16.2. The maximum atomic E-state index is 12.4. The highest BCUT2D eigenvalue weighted by Gasteiger charge is 2.51. The Morgan fingerprint density at radius 2 is 1.67 bits per heavy atom. The van der Waals surface area contributed by atoms with Crippen LogP contribution in [0.25, 0.3) is 0 Å². The second-order valence-corrected chi connectivity index (χ2v) is 9.68. The number of urea groups is 1. The lowest BCUT2D eigenvalue weighted by Gasteiger charge is -2.56. The Bertz CT molecular complexity index is 509. The van der Waals surface area contributed by atoms with Gasteiger partial charge in [-0.1, -0.05) is 0 Å². The summed E-state index contributed by atoms with van der Waals surface area (Å²) < 4.78 is 0. The number of piperidine rings is 1. The van der Waals surface area contributed by atoms with Crippen LogP contribution in [0.3, 0.4) is 0 Å². The molecule has 1 saturated heterocycles. The number of carbonyl (C=O) groups is 2. The van der Waals surface area contributed by atoms with Crippen LogP contribution in [0.5, 0.6) is 0 Å². The predicted molar refractivity (Wildman–Crippen MR) is 105 cm³/mol. The van der Waals surface area contributed by atoms with E-state index in [1.807, 2.05) is 0 Å². The molecule has 0 aromatic heterocycles. The first-order chi connectivity index (χ1) is 13.1. The van der Waals surface area contributed by atoms with Crippen LogP contribution in [0, 0.1) is 23.7 Å². The first kappa shape index (κ1) is 19.0. The zero-order valence-electron chi connectivity index (χ0n) is 16.5. The molecule has 4 saturated carbocycles. The van der Waals surface area contributed by atoms with E-state index in [4.69, 9.17) is 0 Å². The van der Waals surface area contributed by atoms with Crippen molar-refractivity contribution in [3.63, 3.8) is 0 Å². The smallest absolute Gasteiger partial charge is 0.315 e. The van der Waals surface area contributed by atoms with E-state index >= 15 is 0 Å². The maximum Gasteiger partial charge on any atom is 0.315 e.